The fraction of sp³-hybridized carbons (Fsp3) is 0.778. The first-order valence-corrected chi connectivity index (χ1v) is 5.06. The molecule has 0 aliphatic rings. The average Bonchev–Trinajstić information content (AvgIpc) is 2.24. The van der Waals surface area contributed by atoms with Gasteiger partial charge in [0.2, 0.25) is 0 Å². The first-order valence-electron chi connectivity index (χ1n) is 5.06. The minimum atomic E-state index is -1.19. The number of aliphatic hydroxyl groups is 2. The van der Waals surface area contributed by atoms with E-state index in [1.807, 2.05) is 0 Å². The van der Waals surface area contributed by atoms with Crippen molar-refractivity contribution < 1.29 is 24.9 Å². The Morgan fingerprint density at radius 3 is 2.31 bits per heavy atom. The molecular formula is C9H18N2O5. The molecule has 7 heteroatoms. The van der Waals surface area contributed by atoms with Crippen molar-refractivity contribution in [3.8, 4) is 0 Å². The van der Waals surface area contributed by atoms with Gasteiger partial charge in [-0.2, -0.15) is 0 Å². The van der Waals surface area contributed by atoms with Crippen molar-refractivity contribution in [3.63, 3.8) is 0 Å². The van der Waals surface area contributed by atoms with Gasteiger partial charge < -0.3 is 25.5 Å². The normalized spacial score (nSPS) is 11.9. The topological polar surface area (TPSA) is 110 Å². The highest BCUT2D eigenvalue weighted by Crippen LogP contribution is 1.95. The van der Waals surface area contributed by atoms with Crippen LogP contribution in [0.1, 0.15) is 13.3 Å². The van der Waals surface area contributed by atoms with Gasteiger partial charge in [0.05, 0.1) is 6.61 Å². The molecule has 7 nitrogen and oxygen atoms in total. The maximum atomic E-state index is 11.5. The number of urea groups is 1. The van der Waals surface area contributed by atoms with E-state index in [1.54, 1.807) is 6.92 Å². The molecule has 0 unspecified atom stereocenters. The third-order valence-electron chi connectivity index (χ3n) is 2.05. The van der Waals surface area contributed by atoms with Gasteiger partial charge in [-0.15, -0.1) is 0 Å². The van der Waals surface area contributed by atoms with Gasteiger partial charge in [0.1, 0.15) is 6.04 Å². The van der Waals surface area contributed by atoms with Gasteiger partial charge in [-0.05, 0) is 6.92 Å². The van der Waals surface area contributed by atoms with Crippen molar-refractivity contribution in [2.75, 3.05) is 26.3 Å². The second-order valence-electron chi connectivity index (χ2n) is 3.16. The summed E-state index contributed by atoms with van der Waals surface area (Å²) in [5, 5.41) is 28.3. The van der Waals surface area contributed by atoms with E-state index in [4.69, 9.17) is 15.3 Å². The maximum Gasteiger partial charge on any atom is 0.326 e. The molecule has 0 aromatic rings. The van der Waals surface area contributed by atoms with Crippen molar-refractivity contribution in [1.82, 2.24) is 10.2 Å². The van der Waals surface area contributed by atoms with E-state index in [1.165, 1.54) is 4.90 Å². The zero-order chi connectivity index (χ0) is 12.6. The maximum absolute atomic E-state index is 11.5. The zero-order valence-electron chi connectivity index (χ0n) is 9.22. The molecule has 0 aliphatic carbocycles. The van der Waals surface area contributed by atoms with Crippen LogP contribution >= 0.6 is 0 Å². The zero-order valence-corrected chi connectivity index (χ0v) is 9.22. The lowest BCUT2D eigenvalue weighted by Crippen LogP contribution is -2.49. The number of carboxylic acid groups (broad SMARTS) is 1. The number of aliphatic hydroxyl groups excluding tert-OH is 2. The van der Waals surface area contributed by atoms with Gasteiger partial charge in [0, 0.05) is 26.1 Å². The van der Waals surface area contributed by atoms with Crippen LogP contribution in [-0.4, -0.2) is 64.6 Å². The lowest BCUT2D eigenvalue weighted by atomic mass is 10.2. The van der Waals surface area contributed by atoms with Crippen LogP contribution in [-0.2, 0) is 4.79 Å². The number of likely N-dealkylation sites (N-methyl/N-ethyl adjacent to an activating group) is 1. The van der Waals surface area contributed by atoms with E-state index in [0.717, 1.165) is 0 Å². The summed E-state index contributed by atoms with van der Waals surface area (Å²) in [5.41, 5.74) is 0. The van der Waals surface area contributed by atoms with Crippen LogP contribution in [0.25, 0.3) is 0 Å². The molecule has 0 aliphatic heterocycles. The predicted molar refractivity (Wildman–Crippen MR) is 56.0 cm³/mol. The number of aliphatic carboxylic acids is 1. The van der Waals surface area contributed by atoms with E-state index in [0.29, 0.717) is 6.54 Å². The number of carbonyl (C=O) groups excluding carboxylic acids is 1. The standard InChI is InChI=1S/C9H18N2O5/c1-2-11(4-6-13)9(16)10-7(3-5-12)8(14)15/h7,12-13H,2-6H2,1H3,(H,10,16)(H,14,15)/t7-/m0/s1. The second-order valence-corrected chi connectivity index (χ2v) is 3.16. The summed E-state index contributed by atoms with van der Waals surface area (Å²) in [6, 6.07) is -1.66. The van der Waals surface area contributed by atoms with Crippen molar-refractivity contribution in [3.05, 3.63) is 0 Å². The number of rotatable bonds is 7. The lowest BCUT2D eigenvalue weighted by molar-refractivity contribution is -0.139. The van der Waals surface area contributed by atoms with Crippen molar-refractivity contribution in [2.24, 2.45) is 0 Å². The smallest absolute Gasteiger partial charge is 0.326 e. The SMILES string of the molecule is CCN(CCO)C(=O)N[C@@H](CCO)C(=O)O. The van der Waals surface area contributed by atoms with Crippen molar-refractivity contribution >= 4 is 12.0 Å². The molecule has 0 heterocycles. The molecule has 0 fully saturated rings. The van der Waals surface area contributed by atoms with E-state index < -0.39 is 18.0 Å². The molecule has 0 spiro atoms. The molecule has 0 radical (unpaired) electrons. The fourth-order valence-corrected chi connectivity index (χ4v) is 1.15. The Labute approximate surface area is 93.7 Å². The summed E-state index contributed by atoms with van der Waals surface area (Å²) < 4.78 is 0. The monoisotopic (exact) mass is 234 g/mol. The second kappa shape index (κ2) is 7.89. The van der Waals surface area contributed by atoms with Crippen LogP contribution in [0, 0.1) is 0 Å². The Hall–Kier alpha value is -1.34. The largest absolute Gasteiger partial charge is 0.480 e. The molecule has 0 aromatic heterocycles. The summed E-state index contributed by atoms with van der Waals surface area (Å²) in [6.45, 7) is 1.74. The van der Waals surface area contributed by atoms with Gasteiger partial charge in [0.25, 0.3) is 0 Å². The van der Waals surface area contributed by atoms with E-state index in [2.05, 4.69) is 5.32 Å². The first-order chi connectivity index (χ1) is 7.56. The highest BCUT2D eigenvalue weighted by Gasteiger charge is 2.21. The number of nitrogens with zero attached hydrogens (tertiary/aromatic N) is 1. The summed E-state index contributed by atoms with van der Waals surface area (Å²) >= 11 is 0. The fourth-order valence-electron chi connectivity index (χ4n) is 1.15. The van der Waals surface area contributed by atoms with Crippen LogP contribution < -0.4 is 5.32 Å². The van der Waals surface area contributed by atoms with Crippen molar-refractivity contribution in [2.45, 2.75) is 19.4 Å². The molecule has 94 valence electrons. The molecule has 0 saturated carbocycles. The molecule has 0 saturated heterocycles. The van der Waals surface area contributed by atoms with E-state index in [9.17, 15) is 9.59 Å². The molecule has 4 N–H and O–H groups in total. The Morgan fingerprint density at radius 1 is 1.31 bits per heavy atom. The summed E-state index contributed by atoms with van der Waals surface area (Å²) in [4.78, 5) is 23.5. The molecule has 0 aromatic carbocycles. The first kappa shape index (κ1) is 14.7. The summed E-state index contributed by atoms with van der Waals surface area (Å²) in [7, 11) is 0. The summed E-state index contributed by atoms with van der Waals surface area (Å²) in [6.07, 6.45) is -0.0439. The van der Waals surface area contributed by atoms with Gasteiger partial charge in [-0.3, -0.25) is 0 Å². The third kappa shape index (κ3) is 4.94. The minimum absolute atomic E-state index is 0.0439. The molecule has 1 atom stereocenters. The molecule has 0 rings (SSSR count). The Balaban J connectivity index is 4.31. The third-order valence-corrected chi connectivity index (χ3v) is 2.05. The number of carboxylic acids is 1. The quantitative estimate of drug-likeness (QED) is 0.444. The van der Waals surface area contributed by atoms with E-state index in [-0.39, 0.29) is 26.2 Å². The number of hydrogen-bond donors (Lipinski definition) is 4. The number of amides is 2. The minimum Gasteiger partial charge on any atom is -0.480 e. The highest BCUT2D eigenvalue weighted by atomic mass is 16.4. The van der Waals surface area contributed by atoms with E-state index >= 15 is 0 Å². The number of carbonyl (C=O) groups is 2. The molecule has 16 heavy (non-hydrogen) atoms. The van der Waals surface area contributed by atoms with Crippen LogP contribution in [0.3, 0.4) is 0 Å². The van der Waals surface area contributed by atoms with Crippen LogP contribution in [0.2, 0.25) is 0 Å². The molecule has 0 bridgehead atoms. The van der Waals surface area contributed by atoms with Crippen LogP contribution in [0.5, 0.6) is 0 Å². The Kier molecular flexibility index (Phi) is 7.23. The summed E-state index contributed by atoms with van der Waals surface area (Å²) in [5.74, 6) is -1.19. The highest BCUT2D eigenvalue weighted by molar-refractivity contribution is 5.82. The Morgan fingerprint density at radius 2 is 1.94 bits per heavy atom. The van der Waals surface area contributed by atoms with Crippen LogP contribution in [0.4, 0.5) is 4.79 Å². The average molecular weight is 234 g/mol. The van der Waals surface area contributed by atoms with Gasteiger partial charge in [-0.25, -0.2) is 9.59 Å². The van der Waals surface area contributed by atoms with Gasteiger partial charge in [-0.1, -0.05) is 0 Å². The lowest BCUT2D eigenvalue weighted by Gasteiger charge is -2.22. The van der Waals surface area contributed by atoms with Gasteiger partial charge in [0.15, 0.2) is 0 Å². The van der Waals surface area contributed by atoms with Crippen LogP contribution in [0.15, 0.2) is 0 Å². The predicted octanol–water partition coefficient (Wildman–Crippen LogP) is -1.15. The Bertz CT molecular complexity index is 234. The van der Waals surface area contributed by atoms with Gasteiger partial charge >= 0.3 is 12.0 Å². The number of nitrogens with one attached hydrogen (secondary N) is 1. The van der Waals surface area contributed by atoms with Crippen molar-refractivity contribution in [1.29, 1.82) is 0 Å². The molecule has 2 amide bonds. The number of hydrogen-bond acceptors (Lipinski definition) is 4. The molecular weight excluding hydrogens is 216 g/mol.